The van der Waals surface area contributed by atoms with Gasteiger partial charge in [-0.3, -0.25) is 4.79 Å². The van der Waals surface area contributed by atoms with Crippen molar-refractivity contribution in [2.75, 3.05) is 13.7 Å². The van der Waals surface area contributed by atoms with E-state index in [9.17, 15) is 9.59 Å². The van der Waals surface area contributed by atoms with Crippen molar-refractivity contribution in [3.8, 4) is 5.75 Å². The van der Waals surface area contributed by atoms with E-state index < -0.39 is 5.97 Å². The van der Waals surface area contributed by atoms with Crippen LogP contribution in [0.1, 0.15) is 20.7 Å². The van der Waals surface area contributed by atoms with Crippen LogP contribution in [0.3, 0.4) is 0 Å². The van der Waals surface area contributed by atoms with Crippen LogP contribution in [0.25, 0.3) is 21.5 Å². The van der Waals surface area contributed by atoms with Gasteiger partial charge in [-0.25, -0.2) is 4.79 Å². The van der Waals surface area contributed by atoms with Gasteiger partial charge in [0, 0.05) is 5.56 Å². The third kappa shape index (κ3) is 3.32. The molecule has 0 spiro atoms. The number of esters is 1. The first-order valence-electron chi connectivity index (χ1n) is 8.92. The van der Waals surface area contributed by atoms with Gasteiger partial charge in [0.1, 0.15) is 5.75 Å². The Hall–Kier alpha value is -3.66. The first kappa shape index (κ1) is 17.7. The normalized spacial score (nSPS) is 10.8. The number of carbonyl (C=O) groups excluding carboxylic acids is 2. The van der Waals surface area contributed by atoms with E-state index in [1.54, 1.807) is 31.4 Å². The third-order valence-corrected chi connectivity index (χ3v) is 4.72. The van der Waals surface area contributed by atoms with Gasteiger partial charge in [0.05, 0.1) is 12.7 Å². The second-order valence-corrected chi connectivity index (χ2v) is 6.42. The molecule has 0 radical (unpaired) electrons. The number of fused-ring (bicyclic) bond motifs is 2. The number of rotatable bonds is 5. The van der Waals surface area contributed by atoms with Gasteiger partial charge in [0.2, 0.25) is 0 Å². The summed E-state index contributed by atoms with van der Waals surface area (Å²) in [6, 6.07) is 24.1. The molecule has 0 aliphatic rings. The Morgan fingerprint density at radius 2 is 1.36 bits per heavy atom. The Balaban J connectivity index is 1.63. The molecule has 0 N–H and O–H groups in total. The summed E-state index contributed by atoms with van der Waals surface area (Å²) >= 11 is 0. The maximum Gasteiger partial charge on any atom is 0.339 e. The zero-order chi connectivity index (χ0) is 19.5. The number of carbonyl (C=O) groups is 2. The minimum Gasteiger partial charge on any atom is -0.497 e. The topological polar surface area (TPSA) is 52.6 Å². The molecule has 0 atom stereocenters. The van der Waals surface area contributed by atoms with Crippen molar-refractivity contribution in [1.29, 1.82) is 0 Å². The van der Waals surface area contributed by atoms with Crippen LogP contribution >= 0.6 is 0 Å². The summed E-state index contributed by atoms with van der Waals surface area (Å²) in [6.07, 6.45) is 0. The molecule has 0 heterocycles. The molecule has 4 aromatic rings. The van der Waals surface area contributed by atoms with E-state index in [1.807, 2.05) is 54.6 Å². The smallest absolute Gasteiger partial charge is 0.339 e. The quantitative estimate of drug-likeness (QED) is 0.280. The summed E-state index contributed by atoms with van der Waals surface area (Å²) in [6.45, 7) is -0.317. The van der Waals surface area contributed by atoms with E-state index in [0.717, 1.165) is 21.5 Å². The highest BCUT2D eigenvalue weighted by Crippen LogP contribution is 2.29. The van der Waals surface area contributed by atoms with Gasteiger partial charge in [-0.05, 0) is 51.9 Å². The maximum atomic E-state index is 12.9. The molecule has 4 rings (SSSR count). The van der Waals surface area contributed by atoms with E-state index in [4.69, 9.17) is 9.47 Å². The number of hydrogen-bond donors (Lipinski definition) is 0. The number of methoxy groups -OCH3 is 1. The van der Waals surface area contributed by atoms with E-state index in [1.165, 1.54) is 0 Å². The lowest BCUT2D eigenvalue weighted by Gasteiger charge is -2.11. The van der Waals surface area contributed by atoms with E-state index >= 15 is 0 Å². The fraction of sp³-hybridized carbons (Fsp3) is 0.0833. The Kier molecular flexibility index (Phi) is 4.77. The maximum absolute atomic E-state index is 12.9. The highest BCUT2D eigenvalue weighted by Gasteiger charge is 2.18. The van der Waals surface area contributed by atoms with Crippen LogP contribution in [0, 0.1) is 0 Å². The van der Waals surface area contributed by atoms with Crippen molar-refractivity contribution in [1.82, 2.24) is 0 Å². The van der Waals surface area contributed by atoms with E-state index in [-0.39, 0.29) is 12.4 Å². The van der Waals surface area contributed by atoms with Crippen molar-refractivity contribution in [2.45, 2.75) is 0 Å². The number of ketones is 1. The zero-order valence-corrected chi connectivity index (χ0v) is 15.3. The van der Waals surface area contributed by atoms with E-state index in [2.05, 4.69) is 0 Å². The second-order valence-electron chi connectivity index (χ2n) is 6.42. The average molecular weight is 370 g/mol. The van der Waals surface area contributed by atoms with Gasteiger partial charge in [-0.2, -0.15) is 0 Å². The number of ether oxygens (including phenoxy) is 2. The predicted octanol–water partition coefficient (Wildman–Crippen LogP) is 5.04. The van der Waals surface area contributed by atoms with Crippen molar-refractivity contribution in [3.63, 3.8) is 0 Å². The van der Waals surface area contributed by atoms with Gasteiger partial charge in [-0.15, -0.1) is 0 Å². The Morgan fingerprint density at radius 3 is 1.93 bits per heavy atom. The van der Waals surface area contributed by atoms with Gasteiger partial charge in [0.25, 0.3) is 0 Å². The van der Waals surface area contributed by atoms with Crippen LogP contribution in [0.4, 0.5) is 0 Å². The molecule has 0 aliphatic carbocycles. The SMILES string of the molecule is COc1ccc(C(=O)COC(=O)c2c3ccccc3cc3ccccc23)cc1. The molecule has 4 aromatic carbocycles. The van der Waals surface area contributed by atoms with Gasteiger partial charge < -0.3 is 9.47 Å². The van der Waals surface area contributed by atoms with Crippen LogP contribution in [0.5, 0.6) is 5.75 Å². The fourth-order valence-electron chi connectivity index (χ4n) is 3.30. The van der Waals surface area contributed by atoms with Gasteiger partial charge in [-0.1, -0.05) is 48.5 Å². The Labute approximate surface area is 162 Å². The third-order valence-electron chi connectivity index (χ3n) is 4.72. The molecule has 0 bridgehead atoms. The number of hydrogen-bond acceptors (Lipinski definition) is 4. The number of benzene rings is 4. The molecule has 4 nitrogen and oxygen atoms in total. The van der Waals surface area contributed by atoms with Crippen LogP contribution in [0.15, 0.2) is 78.9 Å². The summed E-state index contributed by atoms with van der Waals surface area (Å²) in [5.74, 6) is -0.105. The first-order valence-corrected chi connectivity index (χ1v) is 8.92. The molecule has 0 saturated heterocycles. The minimum atomic E-state index is -0.505. The average Bonchev–Trinajstić information content (AvgIpc) is 2.75. The summed E-state index contributed by atoms with van der Waals surface area (Å²) in [5.41, 5.74) is 0.951. The molecule has 4 heteroatoms. The molecule has 28 heavy (non-hydrogen) atoms. The molecule has 0 unspecified atom stereocenters. The largest absolute Gasteiger partial charge is 0.497 e. The lowest BCUT2D eigenvalue weighted by molar-refractivity contribution is 0.0478. The lowest BCUT2D eigenvalue weighted by atomic mass is 9.97. The van der Waals surface area contributed by atoms with Gasteiger partial charge >= 0.3 is 5.97 Å². The highest BCUT2D eigenvalue weighted by atomic mass is 16.5. The van der Waals surface area contributed by atoms with Crippen molar-refractivity contribution >= 4 is 33.3 Å². The zero-order valence-electron chi connectivity index (χ0n) is 15.3. The second kappa shape index (κ2) is 7.53. The monoisotopic (exact) mass is 370 g/mol. The van der Waals surface area contributed by atoms with Crippen molar-refractivity contribution < 1.29 is 19.1 Å². The lowest BCUT2D eigenvalue weighted by Crippen LogP contribution is -2.15. The van der Waals surface area contributed by atoms with Crippen molar-refractivity contribution in [2.24, 2.45) is 0 Å². The molecule has 138 valence electrons. The van der Waals surface area contributed by atoms with Gasteiger partial charge in [0.15, 0.2) is 12.4 Å². The molecule has 0 fully saturated rings. The van der Waals surface area contributed by atoms with Crippen LogP contribution < -0.4 is 4.74 Å². The summed E-state index contributed by atoms with van der Waals surface area (Å²) in [7, 11) is 1.56. The summed E-state index contributed by atoms with van der Waals surface area (Å²) in [5, 5.41) is 3.52. The molecule has 0 aromatic heterocycles. The van der Waals surface area contributed by atoms with Crippen LogP contribution in [-0.2, 0) is 4.74 Å². The Morgan fingerprint density at radius 1 is 0.786 bits per heavy atom. The highest BCUT2D eigenvalue weighted by molar-refractivity contribution is 6.17. The summed E-state index contributed by atoms with van der Waals surface area (Å²) in [4.78, 5) is 25.3. The van der Waals surface area contributed by atoms with Crippen LogP contribution in [-0.4, -0.2) is 25.5 Å². The first-order chi connectivity index (χ1) is 13.7. The minimum absolute atomic E-state index is 0.263. The standard InChI is InChI=1S/C24H18O4/c1-27-19-12-10-16(11-13-19)22(25)15-28-24(26)23-20-8-4-2-6-17(20)14-18-7-3-5-9-21(18)23/h2-14H,15H2,1H3. The molecular formula is C24H18O4. The summed E-state index contributed by atoms with van der Waals surface area (Å²) < 4.78 is 10.5. The molecule has 0 saturated carbocycles. The van der Waals surface area contributed by atoms with Crippen molar-refractivity contribution in [3.05, 3.63) is 90.0 Å². The molecular weight excluding hydrogens is 352 g/mol. The fourth-order valence-corrected chi connectivity index (χ4v) is 3.30. The Bertz CT molecular complexity index is 1120. The predicted molar refractivity (Wildman–Crippen MR) is 109 cm³/mol. The number of Topliss-reactive ketones (excluding diaryl/α,β-unsaturated/α-hetero) is 1. The van der Waals surface area contributed by atoms with E-state index in [0.29, 0.717) is 16.9 Å². The van der Waals surface area contributed by atoms with Crippen LogP contribution in [0.2, 0.25) is 0 Å². The molecule has 0 amide bonds. The molecule has 0 aliphatic heterocycles.